The number of rotatable bonds is 6. The lowest BCUT2D eigenvalue weighted by atomic mass is 10.2. The van der Waals surface area contributed by atoms with Crippen LogP contribution in [0.3, 0.4) is 0 Å². The van der Waals surface area contributed by atoms with Crippen molar-refractivity contribution in [1.82, 2.24) is 10.2 Å². The van der Waals surface area contributed by atoms with Gasteiger partial charge in [0.25, 0.3) is 0 Å². The number of hydrogen-bond donors (Lipinski definition) is 1. The lowest BCUT2D eigenvalue weighted by Crippen LogP contribution is -2.38. The molecule has 14 heavy (non-hydrogen) atoms. The highest BCUT2D eigenvalue weighted by atomic mass is 32.2. The third-order valence-electron chi connectivity index (χ3n) is 2.67. The van der Waals surface area contributed by atoms with Gasteiger partial charge in [-0.2, -0.15) is 0 Å². The third kappa shape index (κ3) is 5.08. The molecule has 1 aliphatic rings. The van der Waals surface area contributed by atoms with E-state index in [0.29, 0.717) is 0 Å². The molecular formula is C10H22N2OS. The first kappa shape index (κ1) is 12.1. The van der Waals surface area contributed by atoms with Crippen LogP contribution in [0, 0.1) is 0 Å². The summed E-state index contributed by atoms with van der Waals surface area (Å²) in [5.74, 6) is 1.77. The van der Waals surface area contributed by atoms with Crippen molar-refractivity contribution in [2.24, 2.45) is 0 Å². The van der Waals surface area contributed by atoms with Gasteiger partial charge in [-0.1, -0.05) is 6.42 Å². The SMILES string of the molecule is CNCCCCCN1CCS(=O)CC1. The summed E-state index contributed by atoms with van der Waals surface area (Å²) in [7, 11) is 1.48. The molecule has 0 aromatic heterocycles. The molecule has 1 fully saturated rings. The maximum Gasteiger partial charge on any atom is 0.0363 e. The van der Waals surface area contributed by atoms with Crippen molar-refractivity contribution in [2.45, 2.75) is 19.3 Å². The molecule has 0 saturated carbocycles. The maximum absolute atomic E-state index is 11.1. The number of unbranched alkanes of at least 4 members (excludes halogenated alkanes) is 2. The zero-order valence-electron chi connectivity index (χ0n) is 9.13. The minimum atomic E-state index is -0.523. The highest BCUT2D eigenvalue weighted by Gasteiger charge is 2.13. The molecule has 4 heteroatoms. The average molecular weight is 218 g/mol. The van der Waals surface area contributed by atoms with E-state index >= 15 is 0 Å². The zero-order valence-corrected chi connectivity index (χ0v) is 9.94. The molecule has 84 valence electrons. The molecule has 0 radical (unpaired) electrons. The van der Waals surface area contributed by atoms with E-state index in [-0.39, 0.29) is 0 Å². The minimum absolute atomic E-state index is 0.523. The Morgan fingerprint density at radius 2 is 1.93 bits per heavy atom. The van der Waals surface area contributed by atoms with Crippen LogP contribution in [-0.4, -0.2) is 53.8 Å². The molecule has 0 bridgehead atoms. The summed E-state index contributed by atoms with van der Waals surface area (Å²) in [5.41, 5.74) is 0. The van der Waals surface area contributed by atoms with Gasteiger partial charge in [-0.15, -0.1) is 0 Å². The van der Waals surface area contributed by atoms with Gasteiger partial charge in [-0.25, -0.2) is 0 Å². The van der Waals surface area contributed by atoms with Gasteiger partial charge >= 0.3 is 0 Å². The largest absolute Gasteiger partial charge is 0.320 e. The van der Waals surface area contributed by atoms with Gasteiger partial charge in [-0.3, -0.25) is 4.21 Å². The highest BCUT2D eigenvalue weighted by Crippen LogP contribution is 2.03. The molecule has 3 nitrogen and oxygen atoms in total. The van der Waals surface area contributed by atoms with Gasteiger partial charge in [0.2, 0.25) is 0 Å². The van der Waals surface area contributed by atoms with Crippen molar-refractivity contribution in [1.29, 1.82) is 0 Å². The van der Waals surface area contributed by atoms with Crippen LogP contribution in [0.1, 0.15) is 19.3 Å². The van der Waals surface area contributed by atoms with Crippen molar-refractivity contribution in [2.75, 3.05) is 44.7 Å². The predicted molar refractivity (Wildman–Crippen MR) is 62.1 cm³/mol. The predicted octanol–water partition coefficient (Wildman–Crippen LogP) is 0.440. The van der Waals surface area contributed by atoms with E-state index in [1.54, 1.807) is 0 Å². The molecule has 1 heterocycles. The molecule has 0 aromatic rings. The lowest BCUT2D eigenvalue weighted by molar-refractivity contribution is 0.291. The van der Waals surface area contributed by atoms with Crippen LogP contribution in [-0.2, 0) is 10.8 Å². The summed E-state index contributed by atoms with van der Waals surface area (Å²) in [6, 6.07) is 0. The molecular weight excluding hydrogens is 196 g/mol. The van der Waals surface area contributed by atoms with Crippen molar-refractivity contribution in [3.8, 4) is 0 Å². The number of hydrogen-bond acceptors (Lipinski definition) is 3. The van der Waals surface area contributed by atoms with Crippen LogP contribution in [0.2, 0.25) is 0 Å². The van der Waals surface area contributed by atoms with E-state index in [2.05, 4.69) is 10.2 Å². The van der Waals surface area contributed by atoms with E-state index in [1.165, 1.54) is 25.8 Å². The van der Waals surface area contributed by atoms with E-state index in [0.717, 1.165) is 31.1 Å². The van der Waals surface area contributed by atoms with Crippen LogP contribution in [0.25, 0.3) is 0 Å². The molecule has 0 aromatic carbocycles. The maximum atomic E-state index is 11.1. The minimum Gasteiger partial charge on any atom is -0.320 e. The second-order valence-corrected chi connectivity index (χ2v) is 5.55. The van der Waals surface area contributed by atoms with Gasteiger partial charge in [-0.05, 0) is 33.0 Å². The standard InChI is InChI=1S/C10H22N2OS/c1-11-5-3-2-4-6-12-7-9-14(13)10-8-12/h11H,2-10H2,1H3. The van der Waals surface area contributed by atoms with Crippen molar-refractivity contribution < 1.29 is 4.21 Å². The second-order valence-electron chi connectivity index (χ2n) is 3.85. The summed E-state index contributed by atoms with van der Waals surface area (Å²) in [4.78, 5) is 2.45. The van der Waals surface area contributed by atoms with Gasteiger partial charge in [0.15, 0.2) is 0 Å². The summed E-state index contributed by atoms with van der Waals surface area (Å²) < 4.78 is 11.1. The monoisotopic (exact) mass is 218 g/mol. The molecule has 1 N–H and O–H groups in total. The normalized spacial score (nSPS) is 20.1. The molecule has 0 spiro atoms. The number of nitrogens with one attached hydrogen (secondary N) is 1. The van der Waals surface area contributed by atoms with Gasteiger partial charge in [0, 0.05) is 35.4 Å². The van der Waals surface area contributed by atoms with Gasteiger partial charge in [0.1, 0.15) is 0 Å². The van der Waals surface area contributed by atoms with Crippen molar-refractivity contribution >= 4 is 10.8 Å². The van der Waals surface area contributed by atoms with Gasteiger partial charge < -0.3 is 10.2 Å². The van der Waals surface area contributed by atoms with E-state index in [4.69, 9.17) is 0 Å². The summed E-state index contributed by atoms with van der Waals surface area (Å²) in [6.07, 6.45) is 3.87. The summed E-state index contributed by atoms with van der Waals surface area (Å²) >= 11 is 0. The smallest absolute Gasteiger partial charge is 0.0363 e. The molecule has 1 saturated heterocycles. The molecule has 0 amide bonds. The van der Waals surface area contributed by atoms with Crippen LogP contribution >= 0.6 is 0 Å². The first-order valence-electron chi connectivity index (χ1n) is 5.55. The zero-order chi connectivity index (χ0) is 10.2. The van der Waals surface area contributed by atoms with E-state index < -0.39 is 10.8 Å². The third-order valence-corrected chi connectivity index (χ3v) is 3.95. The summed E-state index contributed by atoms with van der Waals surface area (Å²) in [5, 5.41) is 3.16. The summed E-state index contributed by atoms with van der Waals surface area (Å²) in [6.45, 7) is 4.40. The van der Waals surface area contributed by atoms with Crippen LogP contribution in [0.4, 0.5) is 0 Å². The Labute approximate surface area is 89.7 Å². The Kier molecular flexibility index (Phi) is 6.39. The Morgan fingerprint density at radius 3 is 2.57 bits per heavy atom. The van der Waals surface area contributed by atoms with Crippen LogP contribution in [0.15, 0.2) is 0 Å². The fourth-order valence-corrected chi connectivity index (χ4v) is 2.84. The topological polar surface area (TPSA) is 32.3 Å². The van der Waals surface area contributed by atoms with Crippen LogP contribution < -0.4 is 5.32 Å². The quantitative estimate of drug-likeness (QED) is 0.657. The molecule has 0 atom stereocenters. The number of nitrogens with zero attached hydrogens (tertiary/aromatic N) is 1. The highest BCUT2D eigenvalue weighted by molar-refractivity contribution is 7.85. The Hall–Kier alpha value is 0.0700. The fourth-order valence-electron chi connectivity index (χ4n) is 1.71. The first-order valence-corrected chi connectivity index (χ1v) is 7.03. The fraction of sp³-hybridized carbons (Fsp3) is 1.00. The van der Waals surface area contributed by atoms with E-state index in [9.17, 15) is 4.21 Å². The average Bonchev–Trinajstić information content (AvgIpc) is 2.21. The Bertz CT molecular complexity index is 166. The Morgan fingerprint density at radius 1 is 1.21 bits per heavy atom. The molecule has 0 aliphatic carbocycles. The molecule has 1 aliphatic heterocycles. The Balaban J connectivity index is 1.94. The van der Waals surface area contributed by atoms with E-state index in [1.807, 2.05) is 7.05 Å². The first-order chi connectivity index (χ1) is 6.83. The molecule has 1 rings (SSSR count). The van der Waals surface area contributed by atoms with Gasteiger partial charge in [0.05, 0.1) is 0 Å². The van der Waals surface area contributed by atoms with Crippen molar-refractivity contribution in [3.05, 3.63) is 0 Å². The lowest BCUT2D eigenvalue weighted by Gasteiger charge is -2.25. The second kappa shape index (κ2) is 7.37. The van der Waals surface area contributed by atoms with Crippen LogP contribution in [0.5, 0.6) is 0 Å². The molecule has 0 unspecified atom stereocenters. The van der Waals surface area contributed by atoms with Crippen molar-refractivity contribution in [3.63, 3.8) is 0 Å².